The summed E-state index contributed by atoms with van der Waals surface area (Å²) >= 11 is 6.36. The second-order valence-corrected chi connectivity index (χ2v) is 7.93. The summed E-state index contributed by atoms with van der Waals surface area (Å²) in [5.74, 6) is -0.397. The van der Waals surface area contributed by atoms with Crippen LogP contribution in [0.25, 0.3) is 16.7 Å². The summed E-state index contributed by atoms with van der Waals surface area (Å²) in [7, 11) is 1.35. The quantitative estimate of drug-likeness (QED) is 0.439. The largest absolute Gasteiger partial charge is 0.465 e. The molecule has 0 amide bonds. The molecule has 0 spiro atoms. The number of halogens is 1. The topological polar surface area (TPSA) is 66.1 Å². The van der Waals surface area contributed by atoms with Gasteiger partial charge in [-0.2, -0.15) is 5.10 Å². The molecule has 0 aliphatic rings. The van der Waals surface area contributed by atoms with Gasteiger partial charge < -0.3 is 4.74 Å². The van der Waals surface area contributed by atoms with Gasteiger partial charge in [0.1, 0.15) is 5.65 Å². The Morgan fingerprint density at radius 2 is 1.81 bits per heavy atom. The number of rotatable bonds is 4. The Bertz CT molecular complexity index is 1370. The maximum Gasteiger partial charge on any atom is 0.337 e. The highest BCUT2D eigenvalue weighted by molar-refractivity contribution is 6.31. The van der Waals surface area contributed by atoms with E-state index < -0.39 is 5.97 Å². The van der Waals surface area contributed by atoms with Crippen LogP contribution in [0.3, 0.4) is 0 Å². The fourth-order valence-electron chi connectivity index (χ4n) is 3.86. The number of ether oxygens (including phenoxy) is 1. The van der Waals surface area contributed by atoms with Crippen LogP contribution in [0.4, 0.5) is 0 Å². The van der Waals surface area contributed by atoms with Crippen molar-refractivity contribution >= 4 is 28.6 Å². The molecule has 0 aliphatic heterocycles. The third kappa shape index (κ3) is 3.64. The fourth-order valence-corrected chi connectivity index (χ4v) is 4.03. The number of fused-ring (bicyclic) bond motifs is 1. The van der Waals surface area contributed by atoms with Gasteiger partial charge in [-0.15, -0.1) is 0 Å². The summed E-state index contributed by atoms with van der Waals surface area (Å²) in [4.78, 5) is 24.8. The van der Waals surface area contributed by atoms with Gasteiger partial charge in [0.15, 0.2) is 0 Å². The Kier molecular flexibility index (Phi) is 5.41. The first-order valence-corrected chi connectivity index (χ1v) is 10.2. The minimum Gasteiger partial charge on any atom is -0.465 e. The van der Waals surface area contributed by atoms with Gasteiger partial charge in [0.05, 0.1) is 30.6 Å². The number of hydrogen-bond acceptors (Lipinski definition) is 4. The third-order valence-corrected chi connectivity index (χ3v) is 5.88. The van der Waals surface area contributed by atoms with Crippen LogP contribution in [0.5, 0.6) is 0 Å². The molecule has 4 rings (SSSR count). The van der Waals surface area contributed by atoms with Crippen molar-refractivity contribution in [2.24, 2.45) is 0 Å². The molecule has 31 heavy (non-hydrogen) atoms. The number of aromatic nitrogens is 3. The summed E-state index contributed by atoms with van der Waals surface area (Å²) < 4.78 is 8.26. The van der Waals surface area contributed by atoms with E-state index in [4.69, 9.17) is 21.4 Å². The summed E-state index contributed by atoms with van der Waals surface area (Å²) in [5.41, 5.74) is 5.35. The van der Waals surface area contributed by atoms with Crippen molar-refractivity contribution in [1.29, 1.82) is 0 Å². The van der Waals surface area contributed by atoms with Gasteiger partial charge in [-0.05, 0) is 61.7 Å². The van der Waals surface area contributed by atoms with E-state index in [1.54, 1.807) is 27.4 Å². The minimum atomic E-state index is -0.397. The lowest BCUT2D eigenvalue weighted by atomic mass is 10.1. The lowest BCUT2D eigenvalue weighted by Gasteiger charge is -2.14. The predicted molar refractivity (Wildman–Crippen MR) is 121 cm³/mol. The molecule has 0 atom stereocenters. The highest BCUT2D eigenvalue weighted by Gasteiger charge is 2.19. The highest BCUT2D eigenvalue weighted by atomic mass is 35.5. The molecule has 0 fully saturated rings. The van der Waals surface area contributed by atoms with E-state index in [1.807, 2.05) is 51.1 Å². The SMILES string of the molecule is COC(=O)c1ccc(Cn2c(=O)cc(C)c3c(C)nn(-c4cccc(Cl)c4C)c32)cc1. The van der Waals surface area contributed by atoms with Gasteiger partial charge in [0.2, 0.25) is 0 Å². The number of carbonyl (C=O) groups excluding carboxylic acids is 1. The van der Waals surface area contributed by atoms with Crippen molar-refractivity contribution in [2.45, 2.75) is 27.3 Å². The van der Waals surface area contributed by atoms with E-state index in [-0.39, 0.29) is 5.56 Å². The third-order valence-electron chi connectivity index (χ3n) is 5.48. The summed E-state index contributed by atoms with van der Waals surface area (Å²) in [5, 5.41) is 6.32. The molecule has 0 saturated carbocycles. The van der Waals surface area contributed by atoms with Gasteiger partial charge in [0.25, 0.3) is 5.56 Å². The monoisotopic (exact) mass is 435 g/mol. The first kappa shape index (κ1) is 20.9. The van der Waals surface area contributed by atoms with Gasteiger partial charge in [-0.3, -0.25) is 9.36 Å². The zero-order valence-corrected chi connectivity index (χ0v) is 18.5. The number of pyridine rings is 1. The van der Waals surface area contributed by atoms with E-state index in [9.17, 15) is 9.59 Å². The van der Waals surface area contributed by atoms with E-state index in [0.717, 1.165) is 33.5 Å². The van der Waals surface area contributed by atoms with E-state index in [0.29, 0.717) is 22.8 Å². The number of esters is 1. The van der Waals surface area contributed by atoms with E-state index >= 15 is 0 Å². The van der Waals surface area contributed by atoms with Crippen LogP contribution in [-0.4, -0.2) is 27.4 Å². The Morgan fingerprint density at radius 1 is 1.10 bits per heavy atom. The van der Waals surface area contributed by atoms with Crippen LogP contribution < -0.4 is 5.56 Å². The number of carbonyl (C=O) groups is 1. The Labute approximate surface area is 184 Å². The van der Waals surface area contributed by atoms with Gasteiger partial charge in [-0.25, -0.2) is 9.48 Å². The molecule has 0 N–H and O–H groups in total. The molecular formula is C24H22ClN3O3. The zero-order chi connectivity index (χ0) is 22.3. The Balaban J connectivity index is 1.92. The van der Waals surface area contributed by atoms with Crippen molar-refractivity contribution < 1.29 is 9.53 Å². The molecule has 2 heterocycles. The summed E-state index contributed by atoms with van der Waals surface area (Å²) in [6, 6.07) is 14.3. The summed E-state index contributed by atoms with van der Waals surface area (Å²) in [6.45, 7) is 6.13. The van der Waals surface area contributed by atoms with Crippen LogP contribution in [-0.2, 0) is 11.3 Å². The number of benzene rings is 2. The number of hydrogen-bond donors (Lipinski definition) is 0. The number of methoxy groups -OCH3 is 1. The lowest BCUT2D eigenvalue weighted by Crippen LogP contribution is -2.23. The normalized spacial score (nSPS) is 11.1. The van der Waals surface area contributed by atoms with Crippen LogP contribution in [0.1, 0.15) is 32.7 Å². The molecule has 0 radical (unpaired) electrons. The van der Waals surface area contributed by atoms with Crippen molar-refractivity contribution in [3.8, 4) is 5.69 Å². The van der Waals surface area contributed by atoms with Crippen molar-refractivity contribution in [3.05, 3.63) is 91.9 Å². The summed E-state index contributed by atoms with van der Waals surface area (Å²) in [6.07, 6.45) is 0. The zero-order valence-electron chi connectivity index (χ0n) is 17.8. The minimum absolute atomic E-state index is 0.122. The van der Waals surface area contributed by atoms with Crippen molar-refractivity contribution in [2.75, 3.05) is 7.11 Å². The highest BCUT2D eigenvalue weighted by Crippen LogP contribution is 2.28. The first-order valence-electron chi connectivity index (χ1n) is 9.84. The Morgan fingerprint density at radius 3 is 2.48 bits per heavy atom. The first-order chi connectivity index (χ1) is 14.8. The molecule has 0 unspecified atom stereocenters. The van der Waals surface area contributed by atoms with Crippen LogP contribution in [0, 0.1) is 20.8 Å². The Hall–Kier alpha value is -3.38. The van der Waals surface area contributed by atoms with E-state index in [1.165, 1.54) is 7.11 Å². The molecule has 0 saturated heterocycles. The molecule has 7 heteroatoms. The maximum absolute atomic E-state index is 13.0. The smallest absolute Gasteiger partial charge is 0.337 e. The van der Waals surface area contributed by atoms with Crippen molar-refractivity contribution in [3.63, 3.8) is 0 Å². The fraction of sp³-hybridized carbons (Fsp3) is 0.208. The van der Waals surface area contributed by atoms with Crippen LogP contribution in [0.2, 0.25) is 5.02 Å². The number of nitrogens with zero attached hydrogens (tertiary/aromatic N) is 3. The predicted octanol–water partition coefficient (Wildman–Crippen LogP) is 4.60. The molecule has 2 aromatic carbocycles. The average molecular weight is 436 g/mol. The van der Waals surface area contributed by atoms with E-state index in [2.05, 4.69) is 0 Å². The molecular weight excluding hydrogens is 414 g/mol. The molecule has 2 aromatic heterocycles. The average Bonchev–Trinajstić information content (AvgIpc) is 3.10. The van der Waals surface area contributed by atoms with Crippen LogP contribution in [0.15, 0.2) is 53.3 Å². The molecule has 0 aliphatic carbocycles. The lowest BCUT2D eigenvalue weighted by molar-refractivity contribution is 0.0600. The second kappa shape index (κ2) is 8.04. The van der Waals surface area contributed by atoms with Gasteiger partial charge >= 0.3 is 5.97 Å². The maximum atomic E-state index is 13.0. The van der Waals surface area contributed by atoms with Gasteiger partial charge in [-0.1, -0.05) is 29.8 Å². The standard InChI is InChI=1S/C24H22ClN3O3/c1-14-12-21(29)27(13-17-8-10-18(11-9-17)24(30)31-4)23-22(14)16(3)26-28(23)20-7-5-6-19(25)15(20)2/h5-12H,13H2,1-4H3. The second-order valence-electron chi connectivity index (χ2n) is 7.52. The van der Waals surface area contributed by atoms with Crippen LogP contribution >= 0.6 is 11.6 Å². The molecule has 6 nitrogen and oxygen atoms in total. The van der Waals surface area contributed by atoms with Crippen molar-refractivity contribution in [1.82, 2.24) is 14.3 Å². The molecule has 4 aromatic rings. The molecule has 158 valence electrons. The van der Waals surface area contributed by atoms with Gasteiger partial charge in [0, 0.05) is 16.5 Å². The number of aryl methyl sites for hydroxylation is 2. The molecule has 0 bridgehead atoms.